The first-order chi connectivity index (χ1) is 10.1. The van der Waals surface area contributed by atoms with E-state index in [0.717, 1.165) is 4.90 Å². The Balaban J connectivity index is 1.88. The molecule has 0 bridgehead atoms. The van der Waals surface area contributed by atoms with Gasteiger partial charge in [0.15, 0.2) is 0 Å². The average Bonchev–Trinajstić information content (AvgIpc) is 2.73. The average molecular weight is 281 g/mol. The van der Waals surface area contributed by atoms with E-state index < -0.39 is 0 Å². The van der Waals surface area contributed by atoms with Crippen molar-refractivity contribution < 1.29 is 14.4 Å². The quantitative estimate of drug-likeness (QED) is 0.847. The number of carbonyl (C=O) groups excluding carboxylic acids is 3. The van der Waals surface area contributed by atoms with Crippen molar-refractivity contribution in [3.05, 3.63) is 59.4 Å². The summed E-state index contributed by atoms with van der Waals surface area (Å²) in [6.07, 6.45) is 3.03. The number of fused-ring (bicyclic) bond motifs is 1. The van der Waals surface area contributed by atoms with Gasteiger partial charge < -0.3 is 5.32 Å². The number of benzene rings is 1. The minimum atomic E-state index is -0.368. The van der Waals surface area contributed by atoms with Gasteiger partial charge in [0.25, 0.3) is 17.7 Å². The summed E-state index contributed by atoms with van der Waals surface area (Å²) in [6, 6.07) is 7.94. The van der Waals surface area contributed by atoms with Crippen molar-refractivity contribution >= 4 is 23.4 Å². The maximum atomic E-state index is 12.0. The van der Waals surface area contributed by atoms with Gasteiger partial charge in [0.2, 0.25) is 0 Å². The molecule has 1 aromatic heterocycles. The van der Waals surface area contributed by atoms with Gasteiger partial charge in [-0.25, -0.2) is 0 Å². The summed E-state index contributed by atoms with van der Waals surface area (Å²) in [4.78, 5) is 40.6. The Morgan fingerprint density at radius 1 is 1.14 bits per heavy atom. The zero-order valence-corrected chi connectivity index (χ0v) is 11.2. The van der Waals surface area contributed by atoms with Crippen molar-refractivity contribution in [2.24, 2.45) is 0 Å². The maximum Gasteiger partial charge on any atom is 0.261 e. The highest BCUT2D eigenvalue weighted by Crippen LogP contribution is 2.24. The van der Waals surface area contributed by atoms with Gasteiger partial charge in [-0.3, -0.25) is 24.3 Å². The van der Waals surface area contributed by atoms with Crippen LogP contribution >= 0.6 is 0 Å². The smallest absolute Gasteiger partial charge is 0.261 e. The van der Waals surface area contributed by atoms with Crippen molar-refractivity contribution in [2.75, 3.05) is 12.4 Å². The number of hydrogen-bond acceptors (Lipinski definition) is 4. The number of pyridine rings is 1. The molecule has 0 aliphatic carbocycles. The molecule has 104 valence electrons. The Morgan fingerprint density at radius 3 is 2.62 bits per heavy atom. The number of aromatic nitrogens is 1. The van der Waals surface area contributed by atoms with Crippen LogP contribution in [0.3, 0.4) is 0 Å². The molecule has 6 heteroatoms. The minimum absolute atomic E-state index is 0.298. The third-order valence-electron chi connectivity index (χ3n) is 3.27. The Bertz CT molecular complexity index is 756. The molecule has 0 radical (unpaired) electrons. The van der Waals surface area contributed by atoms with Crippen LogP contribution in [0.25, 0.3) is 0 Å². The van der Waals surface area contributed by atoms with E-state index >= 15 is 0 Å². The molecule has 1 N–H and O–H groups in total. The highest BCUT2D eigenvalue weighted by atomic mass is 16.2. The molecule has 1 aliphatic heterocycles. The summed E-state index contributed by atoms with van der Waals surface area (Å²) in [6.45, 7) is 0. The number of imide groups is 1. The second-order valence-corrected chi connectivity index (χ2v) is 4.63. The van der Waals surface area contributed by atoms with Crippen molar-refractivity contribution in [3.8, 4) is 0 Å². The van der Waals surface area contributed by atoms with Gasteiger partial charge >= 0.3 is 0 Å². The van der Waals surface area contributed by atoms with E-state index in [1.165, 1.54) is 25.4 Å². The van der Waals surface area contributed by atoms with Crippen LogP contribution in [0.15, 0.2) is 42.7 Å². The van der Waals surface area contributed by atoms with E-state index in [4.69, 9.17) is 0 Å². The fraction of sp³-hybridized carbons (Fsp3) is 0.0667. The fourth-order valence-corrected chi connectivity index (χ4v) is 2.14. The number of rotatable bonds is 2. The highest BCUT2D eigenvalue weighted by Gasteiger charge is 2.32. The molecule has 6 nitrogen and oxygen atoms in total. The molecular formula is C15H11N3O3. The lowest BCUT2D eigenvalue weighted by Gasteiger charge is -2.06. The molecule has 2 aromatic rings. The monoisotopic (exact) mass is 281 g/mol. The van der Waals surface area contributed by atoms with Crippen LogP contribution in [-0.2, 0) is 0 Å². The van der Waals surface area contributed by atoms with Gasteiger partial charge in [-0.15, -0.1) is 0 Å². The molecule has 1 aliphatic rings. The van der Waals surface area contributed by atoms with Crippen LogP contribution in [0, 0.1) is 0 Å². The highest BCUT2D eigenvalue weighted by molar-refractivity contribution is 6.21. The maximum absolute atomic E-state index is 12.0. The summed E-state index contributed by atoms with van der Waals surface area (Å²) in [5.74, 6) is -1.03. The molecule has 21 heavy (non-hydrogen) atoms. The van der Waals surface area contributed by atoms with Gasteiger partial charge in [0.1, 0.15) is 0 Å². The van der Waals surface area contributed by atoms with Crippen LogP contribution in [-0.4, -0.2) is 34.7 Å². The van der Waals surface area contributed by atoms with Gasteiger partial charge in [0, 0.05) is 25.1 Å². The molecule has 0 saturated heterocycles. The molecule has 0 spiro atoms. The van der Waals surface area contributed by atoms with Crippen molar-refractivity contribution in [1.82, 2.24) is 9.88 Å². The topological polar surface area (TPSA) is 79.4 Å². The predicted molar refractivity (Wildman–Crippen MR) is 75.1 cm³/mol. The SMILES string of the molecule is CN1C(=O)c2ccc(NC(=O)c3cccnc3)cc2C1=O. The second-order valence-electron chi connectivity index (χ2n) is 4.63. The molecule has 0 atom stereocenters. The third-order valence-corrected chi connectivity index (χ3v) is 3.27. The van der Waals surface area contributed by atoms with Crippen LogP contribution in [0.4, 0.5) is 5.69 Å². The van der Waals surface area contributed by atoms with Crippen LogP contribution in [0.1, 0.15) is 31.1 Å². The summed E-state index contributed by atoms with van der Waals surface area (Å²) < 4.78 is 0. The fourth-order valence-electron chi connectivity index (χ4n) is 2.14. The van der Waals surface area contributed by atoms with Crippen molar-refractivity contribution in [2.45, 2.75) is 0 Å². The number of carbonyl (C=O) groups is 3. The first-order valence-electron chi connectivity index (χ1n) is 6.26. The van der Waals surface area contributed by atoms with Crippen molar-refractivity contribution in [3.63, 3.8) is 0 Å². The molecule has 2 heterocycles. The number of anilines is 1. The summed E-state index contributed by atoms with van der Waals surface area (Å²) in [7, 11) is 1.43. The predicted octanol–water partition coefficient (Wildman–Crippen LogP) is 1.56. The minimum Gasteiger partial charge on any atom is -0.322 e. The van der Waals surface area contributed by atoms with E-state index in [1.54, 1.807) is 24.4 Å². The number of nitrogens with zero attached hydrogens (tertiary/aromatic N) is 2. The van der Waals surface area contributed by atoms with Gasteiger partial charge in [-0.05, 0) is 30.3 Å². The van der Waals surface area contributed by atoms with E-state index in [1.807, 2.05) is 0 Å². The Hall–Kier alpha value is -3.02. The summed E-state index contributed by atoms with van der Waals surface area (Å²) >= 11 is 0. The summed E-state index contributed by atoms with van der Waals surface area (Å²) in [5, 5.41) is 2.68. The molecule has 0 saturated carbocycles. The first-order valence-corrected chi connectivity index (χ1v) is 6.26. The number of hydrogen-bond donors (Lipinski definition) is 1. The Morgan fingerprint density at radius 2 is 1.90 bits per heavy atom. The number of amides is 3. The summed E-state index contributed by atoms with van der Waals surface area (Å²) in [5.41, 5.74) is 1.52. The molecule has 0 fully saturated rings. The standard InChI is InChI=1S/C15H11N3O3/c1-18-14(20)11-5-4-10(7-12(11)15(18)21)17-13(19)9-3-2-6-16-8-9/h2-8H,1H3,(H,17,19). The molecule has 3 amide bonds. The third kappa shape index (κ3) is 2.16. The Kier molecular flexibility index (Phi) is 2.98. The number of nitrogens with one attached hydrogen (secondary N) is 1. The van der Waals surface area contributed by atoms with E-state index in [-0.39, 0.29) is 17.7 Å². The van der Waals surface area contributed by atoms with E-state index in [0.29, 0.717) is 22.4 Å². The molecular weight excluding hydrogens is 270 g/mol. The Labute approximate surface area is 120 Å². The van der Waals surface area contributed by atoms with Gasteiger partial charge in [0.05, 0.1) is 16.7 Å². The van der Waals surface area contributed by atoms with Gasteiger partial charge in [-0.1, -0.05) is 0 Å². The largest absolute Gasteiger partial charge is 0.322 e. The van der Waals surface area contributed by atoms with E-state index in [2.05, 4.69) is 10.3 Å². The molecule has 1 aromatic carbocycles. The first kappa shape index (κ1) is 13.0. The normalized spacial score (nSPS) is 13.3. The van der Waals surface area contributed by atoms with Gasteiger partial charge in [-0.2, -0.15) is 0 Å². The van der Waals surface area contributed by atoms with Crippen LogP contribution in [0.2, 0.25) is 0 Å². The second kappa shape index (κ2) is 4.82. The zero-order valence-electron chi connectivity index (χ0n) is 11.2. The molecule has 0 unspecified atom stereocenters. The lowest BCUT2D eigenvalue weighted by Crippen LogP contribution is -2.24. The van der Waals surface area contributed by atoms with Crippen molar-refractivity contribution in [1.29, 1.82) is 0 Å². The lowest BCUT2D eigenvalue weighted by molar-refractivity contribution is 0.0692. The lowest BCUT2D eigenvalue weighted by atomic mass is 10.1. The van der Waals surface area contributed by atoms with Crippen LogP contribution < -0.4 is 5.32 Å². The van der Waals surface area contributed by atoms with E-state index in [9.17, 15) is 14.4 Å². The molecule has 3 rings (SSSR count). The zero-order chi connectivity index (χ0) is 15.0. The van der Waals surface area contributed by atoms with Crippen LogP contribution in [0.5, 0.6) is 0 Å².